The Morgan fingerprint density at radius 1 is 1.00 bits per heavy atom. The van der Waals surface area contributed by atoms with Gasteiger partial charge in [0.05, 0.1) is 0 Å². The molecule has 7 nitrogen and oxygen atoms in total. The summed E-state index contributed by atoms with van der Waals surface area (Å²) in [6, 6.07) is 16.3. The first-order chi connectivity index (χ1) is 15.0. The maximum absolute atomic E-state index is 12.2. The van der Waals surface area contributed by atoms with Gasteiger partial charge in [-0.25, -0.2) is 9.59 Å². The Hall–Kier alpha value is -3.61. The van der Waals surface area contributed by atoms with E-state index in [-0.39, 0.29) is 36.8 Å². The van der Waals surface area contributed by atoms with E-state index < -0.39 is 12.1 Å². The predicted octanol–water partition coefficient (Wildman–Crippen LogP) is 2.92. The Morgan fingerprint density at radius 3 is 2.29 bits per heavy atom. The van der Waals surface area contributed by atoms with Gasteiger partial charge in [-0.2, -0.15) is 0 Å². The molecule has 0 saturated heterocycles. The highest BCUT2D eigenvalue weighted by atomic mass is 16.5. The number of carbonyl (C=O) groups excluding carboxylic acids is 2. The molecule has 2 aromatic rings. The zero-order valence-corrected chi connectivity index (χ0v) is 16.9. The number of fused-ring (bicyclic) bond motifs is 3. The molecule has 0 radical (unpaired) electrons. The number of hydrogen-bond acceptors (Lipinski definition) is 4. The van der Waals surface area contributed by atoms with Crippen molar-refractivity contribution in [3.8, 4) is 11.1 Å². The Balaban J connectivity index is 1.22. The third-order valence-electron chi connectivity index (χ3n) is 5.77. The van der Waals surface area contributed by atoms with Crippen molar-refractivity contribution >= 4 is 18.0 Å². The van der Waals surface area contributed by atoms with Crippen molar-refractivity contribution in [1.82, 2.24) is 10.6 Å². The van der Waals surface area contributed by atoms with Crippen LogP contribution in [0.3, 0.4) is 0 Å². The highest BCUT2D eigenvalue weighted by Crippen LogP contribution is 2.44. The maximum Gasteiger partial charge on any atom is 0.407 e. The molecule has 2 amide bonds. The Bertz CT molecular complexity index is 987. The summed E-state index contributed by atoms with van der Waals surface area (Å²) in [6.45, 7) is 0.804. The maximum atomic E-state index is 12.2. The molecule has 0 aromatic heterocycles. The van der Waals surface area contributed by atoms with Gasteiger partial charge in [0, 0.05) is 31.0 Å². The molecule has 0 bridgehead atoms. The second kappa shape index (κ2) is 9.04. The van der Waals surface area contributed by atoms with Gasteiger partial charge in [-0.15, -0.1) is 0 Å². The molecule has 2 aliphatic carbocycles. The molecule has 0 unspecified atom stereocenters. The number of benzene rings is 2. The summed E-state index contributed by atoms with van der Waals surface area (Å²) < 4.78 is 5.50. The molecule has 0 aliphatic heterocycles. The number of amides is 2. The first-order valence-electron chi connectivity index (χ1n) is 10.3. The fourth-order valence-corrected chi connectivity index (χ4v) is 4.11. The van der Waals surface area contributed by atoms with E-state index in [4.69, 9.17) is 9.84 Å². The van der Waals surface area contributed by atoms with E-state index in [9.17, 15) is 14.4 Å². The van der Waals surface area contributed by atoms with Crippen molar-refractivity contribution < 1.29 is 24.2 Å². The summed E-state index contributed by atoms with van der Waals surface area (Å²) in [5.41, 5.74) is 4.68. The molecule has 2 aromatic carbocycles. The summed E-state index contributed by atoms with van der Waals surface area (Å²) in [7, 11) is 0. The fourth-order valence-electron chi connectivity index (χ4n) is 4.11. The zero-order chi connectivity index (χ0) is 21.8. The standard InChI is InChI=1S/C24H24N2O5/c27-22(28)10-5-11-25-23(29)20-12-15(20)13-26-24(30)31-14-21-18-8-3-1-6-16(18)17-7-2-4-9-19(17)21/h1-10,15,20-21H,11-14H2,(H,25,29)(H,26,30)(H,27,28)/b10-5+/t15-,20-/m0/s1. The van der Waals surface area contributed by atoms with E-state index in [1.54, 1.807) is 0 Å². The van der Waals surface area contributed by atoms with Gasteiger partial charge in [0.1, 0.15) is 6.61 Å². The highest BCUT2D eigenvalue weighted by molar-refractivity contribution is 5.83. The lowest BCUT2D eigenvalue weighted by Crippen LogP contribution is -2.30. The second-order valence-electron chi connectivity index (χ2n) is 7.79. The topological polar surface area (TPSA) is 105 Å². The number of aliphatic carboxylic acids is 1. The highest BCUT2D eigenvalue weighted by Gasteiger charge is 2.42. The van der Waals surface area contributed by atoms with E-state index in [0.717, 1.165) is 17.2 Å². The van der Waals surface area contributed by atoms with Crippen molar-refractivity contribution in [2.75, 3.05) is 19.7 Å². The van der Waals surface area contributed by atoms with Gasteiger partial charge in [-0.3, -0.25) is 4.79 Å². The largest absolute Gasteiger partial charge is 0.478 e. The van der Waals surface area contributed by atoms with Crippen molar-refractivity contribution in [3.05, 3.63) is 71.8 Å². The third kappa shape index (κ3) is 4.77. The van der Waals surface area contributed by atoms with Crippen LogP contribution < -0.4 is 10.6 Å². The molecule has 1 saturated carbocycles. The van der Waals surface area contributed by atoms with Gasteiger partial charge >= 0.3 is 12.1 Å². The van der Waals surface area contributed by atoms with Gasteiger partial charge in [0.2, 0.25) is 5.91 Å². The van der Waals surface area contributed by atoms with E-state index in [1.807, 2.05) is 24.3 Å². The summed E-state index contributed by atoms with van der Waals surface area (Å²) in [6.07, 6.45) is 2.57. The van der Waals surface area contributed by atoms with Gasteiger partial charge in [-0.1, -0.05) is 54.6 Å². The average molecular weight is 420 g/mol. The predicted molar refractivity (Wildman–Crippen MR) is 114 cm³/mol. The number of carboxylic acids is 1. The summed E-state index contributed by atoms with van der Waals surface area (Å²) in [5, 5.41) is 13.9. The quantitative estimate of drug-likeness (QED) is 0.570. The lowest BCUT2D eigenvalue weighted by molar-refractivity contribution is -0.131. The molecular weight excluding hydrogens is 396 g/mol. The molecule has 31 heavy (non-hydrogen) atoms. The number of rotatable bonds is 8. The Labute approximate surface area is 180 Å². The number of carboxylic acid groups (broad SMARTS) is 1. The van der Waals surface area contributed by atoms with Crippen LogP contribution in [0, 0.1) is 11.8 Å². The summed E-state index contributed by atoms with van der Waals surface area (Å²) in [5.74, 6) is -1.26. The minimum absolute atomic E-state index is 0.0106. The van der Waals surface area contributed by atoms with Crippen LogP contribution in [0.4, 0.5) is 4.79 Å². The molecular formula is C24H24N2O5. The van der Waals surface area contributed by atoms with E-state index in [0.29, 0.717) is 13.0 Å². The van der Waals surface area contributed by atoms with Gasteiger partial charge in [0.25, 0.3) is 0 Å². The number of nitrogens with one attached hydrogen (secondary N) is 2. The van der Waals surface area contributed by atoms with Gasteiger partial charge in [-0.05, 0) is 34.6 Å². The van der Waals surface area contributed by atoms with E-state index in [1.165, 1.54) is 17.2 Å². The molecule has 1 fully saturated rings. The smallest absolute Gasteiger partial charge is 0.407 e. The number of ether oxygens (including phenoxy) is 1. The molecule has 3 N–H and O–H groups in total. The molecule has 0 spiro atoms. The first kappa shape index (κ1) is 20.7. The third-order valence-corrected chi connectivity index (χ3v) is 5.77. The monoisotopic (exact) mass is 420 g/mol. The molecule has 160 valence electrons. The van der Waals surface area contributed by atoms with Crippen molar-refractivity contribution in [2.24, 2.45) is 11.8 Å². The number of hydrogen-bond donors (Lipinski definition) is 3. The van der Waals surface area contributed by atoms with E-state index >= 15 is 0 Å². The average Bonchev–Trinajstić information content (AvgIpc) is 3.49. The van der Waals surface area contributed by atoms with Crippen LogP contribution in [0.1, 0.15) is 23.5 Å². The minimum atomic E-state index is -1.05. The molecule has 4 rings (SSSR count). The van der Waals surface area contributed by atoms with Crippen molar-refractivity contribution in [3.63, 3.8) is 0 Å². The number of carbonyl (C=O) groups is 3. The van der Waals surface area contributed by atoms with Gasteiger partial charge < -0.3 is 20.5 Å². The molecule has 0 heterocycles. The van der Waals surface area contributed by atoms with Crippen LogP contribution in [0.5, 0.6) is 0 Å². The Morgan fingerprint density at radius 2 is 1.65 bits per heavy atom. The summed E-state index contributed by atoms with van der Waals surface area (Å²) >= 11 is 0. The van der Waals surface area contributed by atoms with Crippen LogP contribution in [0.25, 0.3) is 11.1 Å². The first-order valence-corrected chi connectivity index (χ1v) is 10.3. The zero-order valence-electron chi connectivity index (χ0n) is 16.9. The van der Waals surface area contributed by atoms with E-state index in [2.05, 4.69) is 34.9 Å². The Kier molecular flexibility index (Phi) is 6.02. The van der Waals surface area contributed by atoms with Crippen molar-refractivity contribution in [1.29, 1.82) is 0 Å². The molecule has 2 atom stereocenters. The lowest BCUT2D eigenvalue weighted by atomic mass is 9.98. The van der Waals surface area contributed by atoms with Crippen LogP contribution in [-0.4, -0.2) is 42.8 Å². The van der Waals surface area contributed by atoms with Crippen LogP contribution in [0.15, 0.2) is 60.7 Å². The van der Waals surface area contributed by atoms with Crippen LogP contribution in [-0.2, 0) is 14.3 Å². The minimum Gasteiger partial charge on any atom is -0.478 e. The second-order valence-corrected chi connectivity index (χ2v) is 7.79. The summed E-state index contributed by atoms with van der Waals surface area (Å²) in [4.78, 5) is 34.6. The molecule has 7 heteroatoms. The normalized spacial score (nSPS) is 18.8. The van der Waals surface area contributed by atoms with Crippen molar-refractivity contribution in [2.45, 2.75) is 12.3 Å². The molecule has 2 aliphatic rings. The van der Waals surface area contributed by atoms with Gasteiger partial charge in [0.15, 0.2) is 0 Å². The van der Waals surface area contributed by atoms with Crippen LogP contribution in [0.2, 0.25) is 0 Å². The fraction of sp³-hybridized carbons (Fsp3) is 0.292. The number of alkyl carbamates (subject to hydrolysis) is 1. The SMILES string of the molecule is O=C(O)/C=C/CNC(=O)[C@H]1C[C@H]1CNC(=O)OCC1c2ccccc2-c2ccccc21. The lowest BCUT2D eigenvalue weighted by Gasteiger charge is -2.14. The van der Waals surface area contributed by atoms with Crippen LogP contribution >= 0.6 is 0 Å².